The fourth-order valence-corrected chi connectivity index (χ4v) is 1.50. The number of hydrogen-bond acceptors (Lipinski definition) is 4. The normalized spacial score (nSPS) is 11.9. The lowest BCUT2D eigenvalue weighted by Crippen LogP contribution is -2.19. The highest BCUT2D eigenvalue weighted by atomic mass is 19.4. The summed E-state index contributed by atoms with van der Waals surface area (Å²) >= 11 is 0. The Morgan fingerprint density at radius 2 is 1.96 bits per heavy atom. The molecule has 0 fully saturated rings. The Hall–Kier alpha value is -2.71. The molecule has 0 amide bonds. The summed E-state index contributed by atoms with van der Waals surface area (Å²) in [6.07, 6.45) is -1.55. The van der Waals surface area contributed by atoms with Crippen molar-refractivity contribution in [1.82, 2.24) is 5.43 Å². The average Bonchev–Trinajstić information content (AvgIpc) is 2.46. The minimum atomic E-state index is -4.48. The van der Waals surface area contributed by atoms with Crippen LogP contribution in [0.25, 0.3) is 0 Å². The van der Waals surface area contributed by atoms with Gasteiger partial charge >= 0.3 is 6.18 Å². The van der Waals surface area contributed by atoms with Gasteiger partial charge in [0.1, 0.15) is 5.75 Å². The van der Waals surface area contributed by atoms with Gasteiger partial charge in [0.2, 0.25) is 0 Å². The number of allylic oxidation sites excluding steroid dienone is 1. The molecule has 0 aliphatic carbocycles. The molecule has 4 N–H and O–H groups in total. The summed E-state index contributed by atoms with van der Waals surface area (Å²) in [7, 11) is 0. The van der Waals surface area contributed by atoms with Crippen molar-refractivity contribution in [2.45, 2.75) is 33.1 Å². The van der Waals surface area contributed by atoms with Crippen molar-refractivity contribution < 1.29 is 27.8 Å². The van der Waals surface area contributed by atoms with E-state index in [4.69, 9.17) is 20.4 Å². The van der Waals surface area contributed by atoms with Crippen LogP contribution in [0.5, 0.6) is 5.75 Å². The van der Waals surface area contributed by atoms with E-state index in [9.17, 15) is 13.2 Å². The molecule has 9 heteroatoms. The van der Waals surface area contributed by atoms with Gasteiger partial charge in [0.15, 0.2) is 5.84 Å². The Morgan fingerprint density at radius 1 is 1.38 bits per heavy atom. The number of hydrogen-bond donors (Lipinski definition) is 3. The van der Waals surface area contributed by atoms with Crippen LogP contribution in [0.3, 0.4) is 0 Å². The molecule has 0 aliphatic rings. The Bertz CT molecular complexity index is 585. The number of carbonyl (C=O) groups is 1. The first kappa shape index (κ1) is 21.3. The van der Waals surface area contributed by atoms with Crippen molar-refractivity contribution in [3.8, 4) is 5.75 Å². The van der Waals surface area contributed by atoms with Crippen LogP contribution in [-0.2, 0) is 11.0 Å². The van der Waals surface area contributed by atoms with Gasteiger partial charge in [0, 0.05) is 11.8 Å². The summed E-state index contributed by atoms with van der Waals surface area (Å²) in [5.74, 6) is 0.0341. The number of nitrogens with one attached hydrogen (secondary N) is 1. The number of nitrogens with zero attached hydrogens (tertiary/aromatic N) is 1. The van der Waals surface area contributed by atoms with Crippen molar-refractivity contribution in [3.05, 3.63) is 41.6 Å². The maximum absolute atomic E-state index is 12.9. The van der Waals surface area contributed by atoms with Gasteiger partial charge in [-0.3, -0.25) is 10.2 Å². The summed E-state index contributed by atoms with van der Waals surface area (Å²) in [4.78, 5) is 8.36. The maximum atomic E-state index is 12.9. The highest BCUT2D eigenvalue weighted by Gasteiger charge is 2.31. The molecule has 0 saturated carbocycles. The fraction of sp³-hybridized carbons (Fsp3) is 0.333. The topological polar surface area (TPSA) is 96.9 Å². The van der Waals surface area contributed by atoms with Crippen LogP contribution in [0, 0.1) is 0 Å². The van der Waals surface area contributed by atoms with E-state index in [1.165, 1.54) is 12.3 Å². The Labute approximate surface area is 137 Å². The molecule has 0 aromatic heterocycles. The Balaban J connectivity index is 0.00000163. The van der Waals surface area contributed by atoms with E-state index in [0.717, 1.165) is 12.1 Å². The smallest absolute Gasteiger partial charge is 0.416 e. The molecule has 0 saturated heterocycles. The molecule has 1 rings (SSSR count). The van der Waals surface area contributed by atoms with E-state index in [1.807, 2.05) is 0 Å². The molecule has 1 aromatic rings. The van der Waals surface area contributed by atoms with Crippen molar-refractivity contribution >= 4 is 12.3 Å². The summed E-state index contributed by atoms with van der Waals surface area (Å²) in [6, 6.07) is 3.30. The highest BCUT2D eigenvalue weighted by Crippen LogP contribution is 2.32. The fourth-order valence-electron chi connectivity index (χ4n) is 1.50. The second-order valence-corrected chi connectivity index (χ2v) is 4.64. The summed E-state index contributed by atoms with van der Waals surface area (Å²) in [5.41, 5.74) is 7.49. The van der Waals surface area contributed by atoms with Crippen LogP contribution in [0.15, 0.2) is 35.6 Å². The molecule has 1 aromatic carbocycles. The molecule has 0 atom stereocenters. The van der Waals surface area contributed by atoms with Gasteiger partial charge in [-0.15, -0.1) is 0 Å². The second kappa shape index (κ2) is 10.1. The van der Waals surface area contributed by atoms with Crippen LogP contribution in [-0.4, -0.2) is 23.5 Å². The molecular formula is C15H20F3N3O3. The molecule has 0 unspecified atom stereocenters. The third kappa shape index (κ3) is 8.06. The van der Waals surface area contributed by atoms with Crippen molar-refractivity contribution in [2.75, 3.05) is 0 Å². The lowest BCUT2D eigenvalue weighted by Gasteiger charge is -2.14. The maximum Gasteiger partial charge on any atom is 0.416 e. The van der Waals surface area contributed by atoms with E-state index >= 15 is 0 Å². The molecule has 24 heavy (non-hydrogen) atoms. The number of hydrazone groups is 1. The number of ether oxygens (including phenoxy) is 1. The van der Waals surface area contributed by atoms with Crippen LogP contribution in [0.1, 0.15) is 31.9 Å². The van der Waals surface area contributed by atoms with Gasteiger partial charge in [-0.2, -0.15) is 18.3 Å². The SMILES string of the molecule is C/C=C\N/N=C(\N)c1cc(OC(C)C)cc(C(F)(F)F)c1.O=CO. The zero-order valence-corrected chi connectivity index (χ0v) is 13.5. The number of halogens is 3. The average molecular weight is 347 g/mol. The molecule has 0 spiro atoms. The monoisotopic (exact) mass is 347 g/mol. The first-order valence-electron chi connectivity index (χ1n) is 6.82. The van der Waals surface area contributed by atoms with Gasteiger partial charge in [-0.25, -0.2) is 0 Å². The van der Waals surface area contributed by atoms with Crippen LogP contribution in [0.2, 0.25) is 0 Å². The van der Waals surface area contributed by atoms with Crippen molar-refractivity contribution in [1.29, 1.82) is 0 Å². The summed E-state index contributed by atoms with van der Waals surface area (Å²) in [6.45, 7) is 4.97. The van der Waals surface area contributed by atoms with Crippen LogP contribution >= 0.6 is 0 Å². The zero-order valence-electron chi connectivity index (χ0n) is 13.5. The van der Waals surface area contributed by atoms with Crippen molar-refractivity contribution in [2.24, 2.45) is 10.8 Å². The molecule has 0 radical (unpaired) electrons. The second-order valence-electron chi connectivity index (χ2n) is 4.64. The number of carboxylic acid groups (broad SMARTS) is 1. The minimum Gasteiger partial charge on any atom is -0.491 e. The number of rotatable bonds is 5. The predicted molar refractivity (Wildman–Crippen MR) is 84.6 cm³/mol. The number of benzene rings is 1. The molecule has 6 nitrogen and oxygen atoms in total. The minimum absolute atomic E-state index is 0.0622. The number of nitrogens with two attached hydrogens (primary N) is 1. The van der Waals surface area contributed by atoms with Gasteiger partial charge in [0.05, 0.1) is 11.7 Å². The molecular weight excluding hydrogens is 327 g/mol. The van der Waals surface area contributed by atoms with E-state index in [-0.39, 0.29) is 29.7 Å². The summed E-state index contributed by atoms with van der Waals surface area (Å²) < 4.78 is 44.0. The summed E-state index contributed by atoms with van der Waals surface area (Å²) in [5, 5.41) is 10.7. The van der Waals surface area contributed by atoms with E-state index in [0.29, 0.717) is 0 Å². The molecule has 134 valence electrons. The van der Waals surface area contributed by atoms with E-state index in [1.54, 1.807) is 26.8 Å². The van der Waals surface area contributed by atoms with Gasteiger partial charge in [0.25, 0.3) is 6.47 Å². The largest absolute Gasteiger partial charge is 0.491 e. The predicted octanol–water partition coefficient (Wildman–Crippen LogP) is 2.94. The van der Waals surface area contributed by atoms with Crippen LogP contribution < -0.4 is 15.9 Å². The zero-order chi connectivity index (χ0) is 18.8. The standard InChI is InChI=1S/C14H18F3N3O.CH2O2/c1-4-5-19-20-13(18)10-6-11(14(15,16)17)8-12(7-10)21-9(2)3;2-1-3/h4-9,19H,1-3H3,(H2,18,20);1H,(H,2,3)/b5-4-;. The first-order valence-corrected chi connectivity index (χ1v) is 6.82. The van der Waals surface area contributed by atoms with E-state index < -0.39 is 11.7 Å². The quantitative estimate of drug-likeness (QED) is 0.329. The van der Waals surface area contributed by atoms with Gasteiger partial charge in [-0.05, 0) is 39.0 Å². The number of amidine groups is 1. The molecule has 0 heterocycles. The van der Waals surface area contributed by atoms with Crippen LogP contribution in [0.4, 0.5) is 13.2 Å². The van der Waals surface area contributed by atoms with Crippen molar-refractivity contribution in [3.63, 3.8) is 0 Å². The lowest BCUT2D eigenvalue weighted by molar-refractivity contribution is -0.137. The van der Waals surface area contributed by atoms with Gasteiger partial charge in [-0.1, -0.05) is 6.08 Å². The third-order valence-electron chi connectivity index (χ3n) is 2.33. The molecule has 0 aliphatic heterocycles. The Morgan fingerprint density at radius 3 is 2.42 bits per heavy atom. The third-order valence-corrected chi connectivity index (χ3v) is 2.33. The highest BCUT2D eigenvalue weighted by molar-refractivity contribution is 5.97. The molecule has 0 bridgehead atoms. The van der Waals surface area contributed by atoms with E-state index in [2.05, 4.69) is 10.5 Å². The first-order chi connectivity index (χ1) is 11.1. The Kier molecular flexibility index (Phi) is 8.99. The number of alkyl halides is 3. The van der Waals surface area contributed by atoms with Gasteiger partial charge < -0.3 is 15.6 Å². The lowest BCUT2D eigenvalue weighted by atomic mass is 10.1.